The maximum absolute atomic E-state index is 8.35. The number of benzene rings is 1. The van der Waals surface area contributed by atoms with Crippen molar-refractivity contribution in [2.45, 2.75) is 17.7 Å². The zero-order valence-electron chi connectivity index (χ0n) is 8.99. The molecule has 3 heteroatoms. The second-order valence-electron chi connectivity index (χ2n) is 3.26. The van der Waals surface area contributed by atoms with E-state index in [4.69, 9.17) is 5.26 Å². The van der Waals surface area contributed by atoms with E-state index in [2.05, 4.69) is 41.9 Å². The average molecular weight is 220 g/mol. The molecule has 0 heterocycles. The largest absolute Gasteiger partial charge is 0.315 e. The van der Waals surface area contributed by atoms with Crippen LogP contribution in [0.1, 0.15) is 12.0 Å². The van der Waals surface area contributed by atoms with Gasteiger partial charge in [0.15, 0.2) is 0 Å². The smallest absolute Gasteiger partial charge is 0.0635 e. The molecule has 2 nitrogen and oxygen atoms in total. The van der Waals surface area contributed by atoms with Crippen molar-refractivity contribution in [1.29, 1.82) is 5.26 Å². The Kier molecular flexibility index (Phi) is 5.91. The fourth-order valence-corrected chi connectivity index (χ4v) is 1.70. The third-order valence-corrected chi connectivity index (χ3v) is 2.91. The van der Waals surface area contributed by atoms with Gasteiger partial charge in [0.2, 0.25) is 0 Å². The highest BCUT2D eigenvalue weighted by atomic mass is 32.2. The second kappa shape index (κ2) is 7.33. The van der Waals surface area contributed by atoms with Gasteiger partial charge in [0.25, 0.3) is 0 Å². The van der Waals surface area contributed by atoms with Crippen LogP contribution in [-0.2, 0) is 6.42 Å². The maximum Gasteiger partial charge on any atom is 0.0635 e. The van der Waals surface area contributed by atoms with Gasteiger partial charge in [0.05, 0.1) is 6.07 Å². The summed E-state index contributed by atoms with van der Waals surface area (Å²) in [5.74, 6) is 0. The van der Waals surface area contributed by atoms with E-state index in [0.29, 0.717) is 6.42 Å². The molecule has 1 aromatic rings. The van der Waals surface area contributed by atoms with Gasteiger partial charge in [-0.25, -0.2) is 0 Å². The highest BCUT2D eigenvalue weighted by molar-refractivity contribution is 7.98. The number of nitrogens with zero attached hydrogens (tertiary/aromatic N) is 1. The summed E-state index contributed by atoms with van der Waals surface area (Å²) in [4.78, 5) is 1.30. The van der Waals surface area contributed by atoms with Crippen LogP contribution in [0.4, 0.5) is 0 Å². The minimum Gasteiger partial charge on any atom is -0.315 e. The van der Waals surface area contributed by atoms with Crippen LogP contribution in [0.3, 0.4) is 0 Å². The summed E-state index contributed by atoms with van der Waals surface area (Å²) in [6.07, 6.45) is 3.70. The van der Waals surface area contributed by atoms with Crippen molar-refractivity contribution >= 4 is 11.8 Å². The lowest BCUT2D eigenvalue weighted by molar-refractivity contribution is 0.692. The number of rotatable bonds is 6. The normalized spacial score (nSPS) is 9.87. The van der Waals surface area contributed by atoms with Crippen molar-refractivity contribution in [3.63, 3.8) is 0 Å². The molecular weight excluding hydrogens is 204 g/mol. The molecule has 0 radical (unpaired) electrons. The van der Waals surface area contributed by atoms with E-state index in [0.717, 1.165) is 19.5 Å². The summed E-state index contributed by atoms with van der Waals surface area (Å²) in [5.41, 5.74) is 1.34. The minimum absolute atomic E-state index is 0.589. The molecule has 0 aliphatic heterocycles. The zero-order chi connectivity index (χ0) is 10.9. The number of hydrogen-bond acceptors (Lipinski definition) is 3. The third-order valence-electron chi connectivity index (χ3n) is 2.16. The monoisotopic (exact) mass is 220 g/mol. The molecule has 1 rings (SSSR count). The first kappa shape index (κ1) is 12.1. The lowest BCUT2D eigenvalue weighted by Gasteiger charge is -2.03. The van der Waals surface area contributed by atoms with Crippen molar-refractivity contribution < 1.29 is 0 Å². The molecule has 0 fully saturated rings. The lowest BCUT2D eigenvalue weighted by Crippen LogP contribution is -2.17. The third kappa shape index (κ3) is 4.87. The Morgan fingerprint density at radius 3 is 2.60 bits per heavy atom. The van der Waals surface area contributed by atoms with E-state index in [9.17, 15) is 0 Å². The predicted octanol–water partition coefficient (Wildman–Crippen LogP) is 2.45. The van der Waals surface area contributed by atoms with Crippen LogP contribution in [0.5, 0.6) is 0 Å². The van der Waals surface area contributed by atoms with Gasteiger partial charge in [-0.1, -0.05) is 12.1 Å². The molecule has 15 heavy (non-hydrogen) atoms. The molecule has 0 aliphatic rings. The van der Waals surface area contributed by atoms with Gasteiger partial charge in [0.1, 0.15) is 0 Å². The standard InChI is InChI=1S/C12H16N2S/c1-15-12-5-3-11(4-6-12)7-10-14-9-2-8-13/h3-6,14H,2,7,9-10H2,1H3. The van der Waals surface area contributed by atoms with Crippen LogP contribution in [-0.4, -0.2) is 19.3 Å². The van der Waals surface area contributed by atoms with Gasteiger partial charge in [-0.15, -0.1) is 11.8 Å². The Hall–Kier alpha value is -0.980. The quantitative estimate of drug-likeness (QED) is 0.591. The van der Waals surface area contributed by atoms with Crippen LogP contribution < -0.4 is 5.32 Å². The van der Waals surface area contributed by atoms with Crippen LogP contribution in [0.15, 0.2) is 29.2 Å². The van der Waals surface area contributed by atoms with Crippen molar-refractivity contribution in [2.75, 3.05) is 19.3 Å². The fourth-order valence-electron chi connectivity index (χ4n) is 1.29. The molecule has 0 bridgehead atoms. The first-order valence-electron chi connectivity index (χ1n) is 5.07. The molecule has 0 saturated heterocycles. The van der Waals surface area contributed by atoms with Crippen molar-refractivity contribution in [3.8, 4) is 6.07 Å². The van der Waals surface area contributed by atoms with Crippen molar-refractivity contribution in [3.05, 3.63) is 29.8 Å². The fraction of sp³-hybridized carbons (Fsp3) is 0.417. The van der Waals surface area contributed by atoms with Gasteiger partial charge in [-0.2, -0.15) is 5.26 Å². The van der Waals surface area contributed by atoms with E-state index >= 15 is 0 Å². The van der Waals surface area contributed by atoms with E-state index < -0.39 is 0 Å². The van der Waals surface area contributed by atoms with E-state index in [1.54, 1.807) is 11.8 Å². The molecule has 0 saturated carbocycles. The summed E-state index contributed by atoms with van der Waals surface area (Å²) >= 11 is 1.76. The Balaban J connectivity index is 2.23. The minimum atomic E-state index is 0.589. The predicted molar refractivity (Wildman–Crippen MR) is 65.0 cm³/mol. The first-order valence-corrected chi connectivity index (χ1v) is 6.30. The van der Waals surface area contributed by atoms with E-state index in [1.807, 2.05) is 0 Å². The molecule has 0 aromatic heterocycles. The molecule has 0 amide bonds. The Morgan fingerprint density at radius 1 is 1.27 bits per heavy atom. The van der Waals surface area contributed by atoms with Gasteiger partial charge in [-0.3, -0.25) is 0 Å². The van der Waals surface area contributed by atoms with E-state index in [1.165, 1.54) is 10.5 Å². The Morgan fingerprint density at radius 2 is 2.00 bits per heavy atom. The van der Waals surface area contributed by atoms with Crippen molar-refractivity contribution in [2.24, 2.45) is 0 Å². The van der Waals surface area contributed by atoms with Crippen molar-refractivity contribution in [1.82, 2.24) is 5.32 Å². The van der Waals surface area contributed by atoms with Crippen LogP contribution in [0, 0.1) is 11.3 Å². The van der Waals surface area contributed by atoms with E-state index in [-0.39, 0.29) is 0 Å². The van der Waals surface area contributed by atoms with Crippen LogP contribution in [0.25, 0.3) is 0 Å². The summed E-state index contributed by atoms with van der Waals surface area (Å²) in [6, 6.07) is 10.7. The maximum atomic E-state index is 8.35. The Labute approximate surface area is 95.7 Å². The van der Waals surface area contributed by atoms with Gasteiger partial charge in [0, 0.05) is 17.9 Å². The molecule has 0 spiro atoms. The van der Waals surface area contributed by atoms with Gasteiger partial charge in [-0.05, 0) is 36.9 Å². The molecular formula is C12H16N2S. The Bertz CT molecular complexity index is 313. The topological polar surface area (TPSA) is 35.8 Å². The summed E-state index contributed by atoms with van der Waals surface area (Å²) < 4.78 is 0. The lowest BCUT2D eigenvalue weighted by atomic mass is 10.1. The number of thioether (sulfide) groups is 1. The summed E-state index contributed by atoms with van der Waals surface area (Å²) in [5, 5.41) is 11.6. The number of nitrogens with one attached hydrogen (secondary N) is 1. The number of nitriles is 1. The van der Waals surface area contributed by atoms with Crippen LogP contribution >= 0.6 is 11.8 Å². The highest BCUT2D eigenvalue weighted by Gasteiger charge is 1.93. The SMILES string of the molecule is CSc1ccc(CCNCCC#N)cc1. The molecule has 80 valence electrons. The van der Waals surface area contributed by atoms with Crippen LogP contribution in [0.2, 0.25) is 0 Å². The summed E-state index contributed by atoms with van der Waals surface area (Å²) in [7, 11) is 0. The molecule has 1 aromatic carbocycles. The first-order chi connectivity index (χ1) is 7.36. The number of hydrogen-bond donors (Lipinski definition) is 1. The molecule has 1 N–H and O–H groups in total. The summed E-state index contributed by atoms with van der Waals surface area (Å²) in [6.45, 7) is 1.74. The van der Waals surface area contributed by atoms with Gasteiger partial charge >= 0.3 is 0 Å². The zero-order valence-corrected chi connectivity index (χ0v) is 9.81. The highest BCUT2D eigenvalue weighted by Crippen LogP contribution is 2.14. The molecule has 0 unspecified atom stereocenters. The average Bonchev–Trinajstić information content (AvgIpc) is 2.30. The second-order valence-corrected chi connectivity index (χ2v) is 4.14. The van der Waals surface area contributed by atoms with Gasteiger partial charge < -0.3 is 5.32 Å². The molecule has 0 atom stereocenters. The molecule has 0 aliphatic carbocycles.